The van der Waals surface area contributed by atoms with Gasteiger partial charge in [0.1, 0.15) is 11.5 Å². The second kappa shape index (κ2) is 15.6. The molecule has 8 aromatic rings. The molecule has 0 amide bonds. The van der Waals surface area contributed by atoms with E-state index in [0.29, 0.717) is 0 Å². The zero-order valence-electron chi connectivity index (χ0n) is 29.5. The summed E-state index contributed by atoms with van der Waals surface area (Å²) in [6.07, 6.45) is 0. The minimum Gasteiger partial charge on any atom is -0.529 e. The Morgan fingerprint density at radius 1 is 0.226 bits per heavy atom. The maximum absolute atomic E-state index is 6.20. The first kappa shape index (κ1) is 34.0. The SMILES string of the molecule is B(Oc1ccc([Si](c2ccccc2)(c2ccccc2)c2ccccc2)cc1)Oc1ccc([Si](c2ccccc2)(c2ccccc2)c2ccccc2)cc1. The summed E-state index contributed by atoms with van der Waals surface area (Å²) in [7, 11) is -5.06. The normalized spacial score (nSPS) is 11.4. The molecule has 0 aromatic heterocycles. The van der Waals surface area contributed by atoms with Crippen molar-refractivity contribution in [2.24, 2.45) is 0 Å². The molecule has 0 heterocycles. The molecule has 0 saturated heterocycles. The first-order valence-electron chi connectivity index (χ1n) is 18.1. The van der Waals surface area contributed by atoms with Crippen LogP contribution in [0.15, 0.2) is 231 Å². The predicted octanol–water partition coefficient (Wildman–Crippen LogP) is 5.17. The fraction of sp³-hybridized carbons (Fsp3) is 0. The van der Waals surface area contributed by atoms with E-state index in [0.717, 1.165) is 11.5 Å². The molecule has 8 rings (SSSR count). The van der Waals surface area contributed by atoms with Crippen molar-refractivity contribution in [3.63, 3.8) is 0 Å². The van der Waals surface area contributed by atoms with Gasteiger partial charge in [-0.2, -0.15) is 0 Å². The monoisotopic (exact) mass is 714 g/mol. The Kier molecular flexibility index (Phi) is 10.0. The number of hydrogen-bond acceptors (Lipinski definition) is 2. The molecule has 0 bridgehead atoms. The Labute approximate surface area is 315 Å². The molecular formula is C48H39BO2Si2. The van der Waals surface area contributed by atoms with Gasteiger partial charge in [0, 0.05) is 0 Å². The Morgan fingerprint density at radius 2 is 0.415 bits per heavy atom. The van der Waals surface area contributed by atoms with E-state index in [4.69, 9.17) is 9.31 Å². The highest BCUT2D eigenvalue weighted by molar-refractivity contribution is 7.20. The number of rotatable bonds is 12. The van der Waals surface area contributed by atoms with E-state index in [9.17, 15) is 0 Å². The second-order valence-corrected chi connectivity index (χ2v) is 20.8. The fourth-order valence-electron chi connectivity index (χ4n) is 7.90. The van der Waals surface area contributed by atoms with E-state index in [2.05, 4.69) is 231 Å². The van der Waals surface area contributed by atoms with Gasteiger partial charge in [-0.25, -0.2) is 0 Å². The lowest BCUT2D eigenvalue weighted by molar-refractivity contribution is 0.459. The van der Waals surface area contributed by atoms with E-state index < -0.39 is 16.1 Å². The Bertz CT molecular complexity index is 1960. The van der Waals surface area contributed by atoms with Crippen LogP contribution >= 0.6 is 0 Å². The van der Waals surface area contributed by atoms with Gasteiger partial charge in [0.15, 0.2) is 16.1 Å². The van der Waals surface area contributed by atoms with Gasteiger partial charge in [0.05, 0.1) is 0 Å². The van der Waals surface area contributed by atoms with E-state index in [-0.39, 0.29) is 7.69 Å². The van der Waals surface area contributed by atoms with Crippen molar-refractivity contribution in [2.75, 3.05) is 0 Å². The van der Waals surface area contributed by atoms with Crippen molar-refractivity contribution in [1.82, 2.24) is 0 Å². The quantitative estimate of drug-likeness (QED) is 0.129. The van der Waals surface area contributed by atoms with Crippen LogP contribution in [-0.2, 0) is 0 Å². The van der Waals surface area contributed by atoms with Crippen molar-refractivity contribution in [3.8, 4) is 11.5 Å². The van der Waals surface area contributed by atoms with Crippen LogP contribution < -0.4 is 50.8 Å². The second-order valence-electron chi connectivity index (χ2n) is 13.2. The molecule has 8 aromatic carbocycles. The molecule has 0 N–H and O–H groups in total. The summed E-state index contributed by atoms with van der Waals surface area (Å²) in [5, 5.41) is 10.7. The van der Waals surface area contributed by atoms with Crippen LogP contribution in [0.1, 0.15) is 0 Å². The molecule has 0 spiro atoms. The molecule has 0 saturated carbocycles. The summed E-state index contributed by atoms with van der Waals surface area (Å²) in [5.41, 5.74) is 0. The van der Waals surface area contributed by atoms with Gasteiger partial charge in [-0.05, 0) is 65.8 Å². The summed E-state index contributed by atoms with van der Waals surface area (Å²) in [6.45, 7) is 0. The van der Waals surface area contributed by atoms with Crippen molar-refractivity contribution in [1.29, 1.82) is 0 Å². The Balaban J connectivity index is 1.06. The lowest BCUT2D eigenvalue weighted by Gasteiger charge is -2.34. The summed E-state index contributed by atoms with van der Waals surface area (Å²) in [5.74, 6) is 1.54. The largest absolute Gasteiger partial charge is 0.576 e. The van der Waals surface area contributed by atoms with Crippen LogP contribution in [-0.4, -0.2) is 23.8 Å². The van der Waals surface area contributed by atoms with Gasteiger partial charge >= 0.3 is 7.69 Å². The van der Waals surface area contributed by atoms with E-state index in [1.807, 2.05) is 0 Å². The molecule has 0 atom stereocenters. The number of benzene rings is 8. The predicted molar refractivity (Wildman–Crippen MR) is 229 cm³/mol. The minimum atomic E-state index is -2.59. The lowest BCUT2D eigenvalue weighted by Crippen LogP contribution is -2.74. The number of hydrogen-bond donors (Lipinski definition) is 0. The lowest BCUT2D eigenvalue weighted by atomic mass is 10.3. The third-order valence-electron chi connectivity index (χ3n) is 10.3. The van der Waals surface area contributed by atoms with Crippen LogP contribution in [0.2, 0.25) is 0 Å². The highest BCUT2D eigenvalue weighted by atomic mass is 28.3. The molecule has 0 radical (unpaired) electrons. The van der Waals surface area contributed by atoms with E-state index in [1.165, 1.54) is 41.5 Å². The van der Waals surface area contributed by atoms with Gasteiger partial charge in [-0.1, -0.05) is 206 Å². The summed E-state index contributed by atoms with van der Waals surface area (Å²) >= 11 is 0. The zero-order valence-corrected chi connectivity index (χ0v) is 31.5. The van der Waals surface area contributed by atoms with Gasteiger partial charge in [-0.15, -0.1) is 0 Å². The molecule has 254 valence electrons. The van der Waals surface area contributed by atoms with Crippen molar-refractivity contribution < 1.29 is 9.31 Å². The summed E-state index contributed by atoms with van der Waals surface area (Å²) < 4.78 is 12.4. The Morgan fingerprint density at radius 3 is 0.623 bits per heavy atom. The standard InChI is InChI=1S/C48H39BO2Si2/c1-7-19-41(20-8-1)52(42-21-9-2-10-22-42,43-23-11-3-12-24-43)47-35-31-39(32-36-47)50-49-51-40-33-37-48(38-34-40)53(44-25-13-4-14-26-44,45-27-15-5-16-28-45)46-29-17-6-18-30-46/h1-38,49H. The molecule has 0 aliphatic carbocycles. The van der Waals surface area contributed by atoms with Crippen LogP contribution in [0.25, 0.3) is 0 Å². The van der Waals surface area contributed by atoms with Crippen molar-refractivity contribution in [3.05, 3.63) is 231 Å². The molecule has 0 aliphatic rings. The highest BCUT2D eigenvalue weighted by Gasteiger charge is 2.42. The average molecular weight is 715 g/mol. The highest BCUT2D eigenvalue weighted by Crippen LogP contribution is 2.16. The molecule has 0 aliphatic heterocycles. The first-order valence-corrected chi connectivity index (χ1v) is 22.1. The molecular weight excluding hydrogens is 676 g/mol. The third-order valence-corrected chi connectivity index (χ3v) is 19.9. The smallest absolute Gasteiger partial charge is 0.529 e. The molecule has 0 fully saturated rings. The zero-order chi connectivity index (χ0) is 35.8. The minimum absolute atomic E-state index is 0.107. The average Bonchev–Trinajstić information content (AvgIpc) is 3.25. The molecule has 2 nitrogen and oxygen atoms in total. The maximum Gasteiger partial charge on any atom is 0.576 e. The van der Waals surface area contributed by atoms with Gasteiger partial charge in [-0.3, -0.25) is 0 Å². The molecule has 5 heteroatoms. The van der Waals surface area contributed by atoms with Crippen molar-refractivity contribution in [2.45, 2.75) is 0 Å². The maximum atomic E-state index is 6.20. The van der Waals surface area contributed by atoms with Gasteiger partial charge < -0.3 is 9.31 Å². The summed E-state index contributed by atoms with van der Waals surface area (Å²) in [6, 6.07) is 83.0. The van der Waals surface area contributed by atoms with Crippen LogP contribution in [0.3, 0.4) is 0 Å². The molecule has 0 unspecified atom stereocenters. The van der Waals surface area contributed by atoms with E-state index in [1.54, 1.807) is 0 Å². The third kappa shape index (κ3) is 6.57. The van der Waals surface area contributed by atoms with Gasteiger partial charge in [0.2, 0.25) is 0 Å². The first-order chi connectivity index (χ1) is 26.3. The molecule has 53 heavy (non-hydrogen) atoms. The van der Waals surface area contributed by atoms with Crippen LogP contribution in [0, 0.1) is 0 Å². The Hall–Kier alpha value is -6.14. The topological polar surface area (TPSA) is 18.5 Å². The van der Waals surface area contributed by atoms with Crippen molar-refractivity contribution >= 4 is 65.3 Å². The van der Waals surface area contributed by atoms with Crippen LogP contribution in [0.5, 0.6) is 11.5 Å². The van der Waals surface area contributed by atoms with Gasteiger partial charge in [0.25, 0.3) is 0 Å². The van der Waals surface area contributed by atoms with Crippen LogP contribution in [0.4, 0.5) is 0 Å². The summed E-state index contributed by atoms with van der Waals surface area (Å²) in [4.78, 5) is 0. The van der Waals surface area contributed by atoms with E-state index >= 15 is 0 Å². The fourth-order valence-corrected chi connectivity index (χ4v) is 17.4.